The van der Waals surface area contributed by atoms with Crippen molar-refractivity contribution in [2.75, 3.05) is 33.9 Å². The number of nitrogens with one attached hydrogen (secondary N) is 1. The largest absolute Gasteiger partial charge is 0.497 e. The van der Waals surface area contributed by atoms with Crippen molar-refractivity contribution in [3.63, 3.8) is 0 Å². The molecule has 0 atom stereocenters. The van der Waals surface area contributed by atoms with Crippen LogP contribution in [0.3, 0.4) is 0 Å². The summed E-state index contributed by atoms with van der Waals surface area (Å²) in [6.07, 6.45) is 0.745. The van der Waals surface area contributed by atoms with Crippen LogP contribution >= 0.6 is 0 Å². The minimum absolute atomic E-state index is 0.161. The first-order valence-electron chi connectivity index (χ1n) is 9.42. The van der Waals surface area contributed by atoms with Crippen LogP contribution in [0.2, 0.25) is 0 Å². The number of hydrogen-bond donors (Lipinski definition) is 1. The average molecular weight is 421 g/mol. The average Bonchev–Trinajstić information content (AvgIpc) is 2.75. The predicted molar refractivity (Wildman–Crippen MR) is 112 cm³/mol. The maximum absolute atomic E-state index is 12.9. The van der Waals surface area contributed by atoms with E-state index in [1.54, 1.807) is 50.4 Å². The zero-order valence-corrected chi connectivity index (χ0v) is 17.9. The number of carbonyl (C=O) groups is 1. The molecule has 2 rings (SSSR count). The summed E-state index contributed by atoms with van der Waals surface area (Å²) in [5, 5.41) is 2.82. The zero-order chi connectivity index (χ0) is 21.3. The number of amides is 1. The molecule has 0 aliphatic carbocycles. The summed E-state index contributed by atoms with van der Waals surface area (Å²) in [6, 6.07) is 13.3. The number of nitrogens with zero attached hydrogens (tertiary/aromatic N) is 1. The first-order chi connectivity index (χ1) is 13.9. The topological polar surface area (TPSA) is 84.9 Å². The fourth-order valence-corrected chi connectivity index (χ4v) is 4.19. The summed E-state index contributed by atoms with van der Waals surface area (Å²) < 4.78 is 37.3. The van der Waals surface area contributed by atoms with E-state index < -0.39 is 10.0 Å². The van der Waals surface area contributed by atoms with Gasteiger partial charge in [-0.2, -0.15) is 4.31 Å². The van der Waals surface area contributed by atoms with Crippen molar-refractivity contribution < 1.29 is 22.7 Å². The lowest BCUT2D eigenvalue weighted by atomic mass is 10.1. The number of hydrogen-bond acceptors (Lipinski definition) is 5. The Morgan fingerprint density at radius 1 is 1.03 bits per heavy atom. The first-order valence-corrected chi connectivity index (χ1v) is 10.9. The predicted octanol–water partition coefficient (Wildman–Crippen LogP) is 2.67. The Morgan fingerprint density at radius 2 is 1.69 bits per heavy atom. The standard InChI is InChI=1S/C21H28N2O5S/c1-4-23(29(25,26)20-12-10-19(28-3)11-13-20)16-17-6-8-18(9-7-17)21(24)22-14-5-15-27-2/h6-13H,4-5,14-16H2,1-3H3,(H,22,24). The van der Waals surface area contributed by atoms with Gasteiger partial charge in [-0.1, -0.05) is 19.1 Å². The molecular weight excluding hydrogens is 392 g/mol. The monoisotopic (exact) mass is 420 g/mol. The van der Waals surface area contributed by atoms with E-state index in [1.165, 1.54) is 23.5 Å². The van der Waals surface area contributed by atoms with Crippen molar-refractivity contribution >= 4 is 15.9 Å². The van der Waals surface area contributed by atoms with Crippen molar-refractivity contribution in [3.8, 4) is 5.75 Å². The van der Waals surface area contributed by atoms with E-state index in [2.05, 4.69) is 5.32 Å². The van der Waals surface area contributed by atoms with Crippen LogP contribution < -0.4 is 10.1 Å². The van der Waals surface area contributed by atoms with Crippen LogP contribution in [0.15, 0.2) is 53.4 Å². The molecule has 0 aromatic heterocycles. The molecule has 0 aliphatic heterocycles. The minimum Gasteiger partial charge on any atom is -0.497 e. The highest BCUT2D eigenvalue weighted by Gasteiger charge is 2.23. The Hall–Kier alpha value is -2.42. The van der Waals surface area contributed by atoms with Gasteiger partial charge in [-0.05, 0) is 48.4 Å². The number of ether oxygens (including phenoxy) is 2. The lowest BCUT2D eigenvalue weighted by molar-refractivity contribution is 0.0948. The van der Waals surface area contributed by atoms with Crippen LogP contribution in [0, 0.1) is 0 Å². The molecule has 0 spiro atoms. The molecule has 0 saturated carbocycles. The van der Waals surface area contributed by atoms with E-state index in [-0.39, 0.29) is 17.3 Å². The number of rotatable bonds is 11. The van der Waals surface area contributed by atoms with E-state index in [1.807, 2.05) is 0 Å². The Morgan fingerprint density at radius 3 is 2.24 bits per heavy atom. The molecule has 0 fully saturated rings. The second-order valence-electron chi connectivity index (χ2n) is 6.41. The SMILES string of the molecule is CCN(Cc1ccc(C(=O)NCCCOC)cc1)S(=O)(=O)c1ccc(OC)cc1. The van der Waals surface area contributed by atoms with Crippen molar-refractivity contribution in [2.45, 2.75) is 24.8 Å². The highest BCUT2D eigenvalue weighted by Crippen LogP contribution is 2.21. The van der Waals surface area contributed by atoms with Gasteiger partial charge in [0, 0.05) is 38.9 Å². The third-order valence-corrected chi connectivity index (χ3v) is 6.37. The lowest BCUT2D eigenvalue weighted by Gasteiger charge is -2.21. The van der Waals surface area contributed by atoms with Gasteiger partial charge in [0.25, 0.3) is 5.91 Å². The maximum atomic E-state index is 12.9. The van der Waals surface area contributed by atoms with Gasteiger partial charge in [0.15, 0.2) is 0 Å². The lowest BCUT2D eigenvalue weighted by Crippen LogP contribution is -2.30. The zero-order valence-electron chi connectivity index (χ0n) is 17.1. The minimum atomic E-state index is -3.63. The van der Waals surface area contributed by atoms with E-state index in [4.69, 9.17) is 9.47 Å². The molecule has 2 aromatic carbocycles. The van der Waals surface area contributed by atoms with E-state index >= 15 is 0 Å². The van der Waals surface area contributed by atoms with Crippen LogP contribution in [0.5, 0.6) is 5.75 Å². The smallest absolute Gasteiger partial charge is 0.251 e. The molecule has 7 nitrogen and oxygen atoms in total. The van der Waals surface area contributed by atoms with Crippen LogP contribution in [0.1, 0.15) is 29.3 Å². The second kappa shape index (κ2) is 10.9. The van der Waals surface area contributed by atoms with Gasteiger partial charge in [0.05, 0.1) is 12.0 Å². The molecule has 0 bridgehead atoms. The fourth-order valence-electron chi connectivity index (χ4n) is 2.75. The van der Waals surface area contributed by atoms with E-state index in [0.29, 0.717) is 31.0 Å². The van der Waals surface area contributed by atoms with Crippen LogP contribution in [-0.4, -0.2) is 52.5 Å². The van der Waals surface area contributed by atoms with Gasteiger partial charge in [-0.25, -0.2) is 8.42 Å². The summed E-state index contributed by atoms with van der Waals surface area (Å²) >= 11 is 0. The number of carbonyl (C=O) groups excluding carboxylic acids is 1. The van der Waals surface area contributed by atoms with Gasteiger partial charge in [0.1, 0.15) is 5.75 Å². The Labute approximate surface area is 172 Å². The molecular formula is C21H28N2O5S. The van der Waals surface area contributed by atoms with Crippen LogP contribution in [0.4, 0.5) is 0 Å². The third kappa shape index (κ3) is 6.28. The van der Waals surface area contributed by atoms with E-state index in [9.17, 15) is 13.2 Å². The maximum Gasteiger partial charge on any atom is 0.251 e. The molecule has 0 aliphatic rings. The van der Waals surface area contributed by atoms with Gasteiger partial charge >= 0.3 is 0 Å². The Kier molecular flexibility index (Phi) is 8.63. The number of benzene rings is 2. The van der Waals surface area contributed by atoms with Crippen molar-refractivity contribution in [2.24, 2.45) is 0 Å². The highest BCUT2D eigenvalue weighted by molar-refractivity contribution is 7.89. The molecule has 1 N–H and O–H groups in total. The van der Waals surface area contributed by atoms with Crippen molar-refractivity contribution in [1.29, 1.82) is 0 Å². The quantitative estimate of drug-likeness (QED) is 0.565. The van der Waals surface area contributed by atoms with Crippen molar-refractivity contribution in [3.05, 3.63) is 59.7 Å². The summed E-state index contributed by atoms with van der Waals surface area (Å²) in [4.78, 5) is 12.3. The summed E-state index contributed by atoms with van der Waals surface area (Å²) in [5.74, 6) is 0.439. The highest BCUT2D eigenvalue weighted by atomic mass is 32.2. The van der Waals surface area contributed by atoms with Crippen LogP contribution in [-0.2, 0) is 21.3 Å². The molecule has 29 heavy (non-hydrogen) atoms. The molecule has 2 aromatic rings. The Balaban J connectivity index is 2.05. The molecule has 0 heterocycles. The molecule has 0 radical (unpaired) electrons. The molecule has 8 heteroatoms. The second-order valence-corrected chi connectivity index (χ2v) is 8.34. The first kappa shape index (κ1) is 22.9. The summed E-state index contributed by atoms with van der Waals surface area (Å²) in [6.45, 7) is 3.48. The fraction of sp³-hybridized carbons (Fsp3) is 0.381. The summed E-state index contributed by atoms with van der Waals surface area (Å²) in [5.41, 5.74) is 1.34. The number of sulfonamides is 1. The molecule has 0 unspecified atom stereocenters. The van der Waals surface area contributed by atoms with Crippen LogP contribution in [0.25, 0.3) is 0 Å². The van der Waals surface area contributed by atoms with E-state index in [0.717, 1.165) is 12.0 Å². The molecule has 1 amide bonds. The van der Waals surface area contributed by atoms with Gasteiger partial charge < -0.3 is 14.8 Å². The normalized spacial score (nSPS) is 11.4. The van der Waals surface area contributed by atoms with Crippen molar-refractivity contribution in [1.82, 2.24) is 9.62 Å². The van der Waals surface area contributed by atoms with Gasteiger partial charge in [0.2, 0.25) is 10.0 Å². The molecule has 158 valence electrons. The third-order valence-electron chi connectivity index (χ3n) is 4.44. The van der Waals surface area contributed by atoms with Gasteiger partial charge in [-0.3, -0.25) is 4.79 Å². The summed E-state index contributed by atoms with van der Waals surface area (Å²) in [7, 11) is -0.478. The molecule has 0 saturated heterocycles. The number of methoxy groups -OCH3 is 2. The van der Waals surface area contributed by atoms with Gasteiger partial charge in [-0.15, -0.1) is 0 Å². The Bertz CT molecular complexity index is 880.